The summed E-state index contributed by atoms with van der Waals surface area (Å²) in [7, 11) is 0. The van der Waals surface area contributed by atoms with Gasteiger partial charge in [-0.05, 0) is 13.8 Å². The second-order valence-electron chi connectivity index (χ2n) is 3.72. The maximum Gasteiger partial charge on any atom is 0.325 e. The summed E-state index contributed by atoms with van der Waals surface area (Å²) in [5.41, 5.74) is 0. The number of likely N-dealkylation sites (N-methyl/N-ethyl adjacent to an activating group) is 1. The Morgan fingerprint density at radius 2 is 2.06 bits per heavy atom. The first-order valence-corrected chi connectivity index (χ1v) is 5.37. The number of rotatable bonds is 3. The van der Waals surface area contributed by atoms with Crippen molar-refractivity contribution in [3.63, 3.8) is 0 Å². The molecule has 0 unspecified atom stereocenters. The minimum Gasteiger partial charge on any atom is -0.333 e. The number of amides is 4. The van der Waals surface area contributed by atoms with Crippen molar-refractivity contribution in [1.29, 1.82) is 0 Å². The molecule has 4 amide bonds. The molecule has 1 rings (SSSR count). The quantitative estimate of drug-likeness (QED) is 0.506. The molecule has 1 fully saturated rings. The van der Waals surface area contributed by atoms with Gasteiger partial charge in [0.1, 0.15) is 6.29 Å². The Morgan fingerprint density at radius 3 is 2.59 bits per heavy atom. The average molecular weight is 241 g/mol. The Hall–Kier alpha value is -1.92. The highest BCUT2D eigenvalue weighted by Crippen LogP contribution is 2.05. The molecule has 0 saturated carbocycles. The summed E-state index contributed by atoms with van der Waals surface area (Å²) < 4.78 is 0. The maximum atomic E-state index is 11.6. The van der Waals surface area contributed by atoms with Gasteiger partial charge in [-0.3, -0.25) is 14.5 Å². The molecule has 17 heavy (non-hydrogen) atoms. The number of hydrogen-bond acceptors (Lipinski definition) is 4. The highest BCUT2D eigenvalue weighted by Gasteiger charge is 2.35. The van der Waals surface area contributed by atoms with Gasteiger partial charge in [0.15, 0.2) is 0 Å². The van der Waals surface area contributed by atoms with E-state index in [4.69, 9.17) is 0 Å². The van der Waals surface area contributed by atoms with Crippen LogP contribution in [0, 0.1) is 0 Å². The van der Waals surface area contributed by atoms with E-state index in [2.05, 4.69) is 5.32 Å². The van der Waals surface area contributed by atoms with Crippen LogP contribution < -0.4 is 5.32 Å². The molecular formula is C10H15N3O4. The van der Waals surface area contributed by atoms with Gasteiger partial charge >= 0.3 is 17.8 Å². The van der Waals surface area contributed by atoms with Gasteiger partial charge in [0.25, 0.3) is 0 Å². The molecule has 1 atom stereocenters. The number of nitrogens with one attached hydrogen (secondary N) is 1. The average Bonchev–Trinajstić information content (AvgIpc) is 2.32. The van der Waals surface area contributed by atoms with Crippen LogP contribution in [-0.4, -0.2) is 59.6 Å². The molecule has 7 nitrogen and oxygen atoms in total. The van der Waals surface area contributed by atoms with Crippen LogP contribution in [-0.2, 0) is 14.4 Å². The predicted octanol–water partition coefficient (Wildman–Crippen LogP) is -1.03. The van der Waals surface area contributed by atoms with E-state index in [1.807, 2.05) is 0 Å². The summed E-state index contributed by atoms with van der Waals surface area (Å²) in [5.74, 6) is -1.54. The Kier molecular flexibility index (Phi) is 4.19. The number of carbonyl (C=O) groups is 4. The molecule has 1 heterocycles. The number of nitrogens with zero attached hydrogens (tertiary/aromatic N) is 2. The molecule has 0 aliphatic carbocycles. The third kappa shape index (κ3) is 2.80. The standard InChI is InChI=1S/C10H15N3O4/c1-3-12-4-5-13(9(16)8(12)15)10(17)11-7(2)6-14/h6-7H,3-5H2,1-2H3,(H,11,17)/t7-/m1/s1. The Morgan fingerprint density at radius 1 is 1.41 bits per heavy atom. The van der Waals surface area contributed by atoms with Crippen LogP contribution in [0.5, 0.6) is 0 Å². The molecule has 1 aliphatic heterocycles. The molecule has 0 spiro atoms. The zero-order chi connectivity index (χ0) is 13.0. The summed E-state index contributed by atoms with van der Waals surface area (Å²) in [5, 5.41) is 2.31. The van der Waals surface area contributed by atoms with Crippen molar-refractivity contribution in [2.24, 2.45) is 0 Å². The van der Waals surface area contributed by atoms with Crippen molar-refractivity contribution >= 4 is 24.1 Å². The van der Waals surface area contributed by atoms with E-state index >= 15 is 0 Å². The van der Waals surface area contributed by atoms with Crippen LogP contribution in [0.4, 0.5) is 4.79 Å². The number of urea groups is 1. The van der Waals surface area contributed by atoms with Crippen LogP contribution in [0.3, 0.4) is 0 Å². The van der Waals surface area contributed by atoms with Crippen molar-refractivity contribution in [3.05, 3.63) is 0 Å². The van der Waals surface area contributed by atoms with Gasteiger partial charge in [-0.15, -0.1) is 0 Å². The Bertz CT molecular complexity index is 355. The molecule has 1 aliphatic rings. The largest absolute Gasteiger partial charge is 0.333 e. The van der Waals surface area contributed by atoms with Crippen molar-refractivity contribution in [1.82, 2.24) is 15.1 Å². The van der Waals surface area contributed by atoms with Crippen LogP contribution >= 0.6 is 0 Å². The van der Waals surface area contributed by atoms with Crippen molar-refractivity contribution in [2.45, 2.75) is 19.9 Å². The molecule has 7 heteroatoms. The first-order valence-electron chi connectivity index (χ1n) is 5.37. The van der Waals surface area contributed by atoms with Crippen LogP contribution in [0.1, 0.15) is 13.8 Å². The lowest BCUT2D eigenvalue weighted by molar-refractivity contribution is -0.153. The van der Waals surface area contributed by atoms with Crippen molar-refractivity contribution in [2.75, 3.05) is 19.6 Å². The minimum absolute atomic E-state index is 0.149. The second kappa shape index (κ2) is 5.42. The van der Waals surface area contributed by atoms with E-state index in [-0.39, 0.29) is 6.54 Å². The van der Waals surface area contributed by atoms with Gasteiger partial charge in [0, 0.05) is 19.6 Å². The molecule has 0 bridgehead atoms. The van der Waals surface area contributed by atoms with E-state index in [1.165, 1.54) is 11.8 Å². The third-order valence-electron chi connectivity index (χ3n) is 2.49. The normalized spacial score (nSPS) is 18.0. The highest BCUT2D eigenvalue weighted by molar-refractivity contribution is 6.38. The van der Waals surface area contributed by atoms with Gasteiger partial charge in [-0.25, -0.2) is 4.79 Å². The minimum atomic E-state index is -0.853. The second-order valence-corrected chi connectivity index (χ2v) is 3.72. The van der Waals surface area contributed by atoms with Crippen LogP contribution in [0.2, 0.25) is 0 Å². The number of aldehydes is 1. The van der Waals surface area contributed by atoms with Gasteiger partial charge in [-0.2, -0.15) is 0 Å². The van der Waals surface area contributed by atoms with E-state index < -0.39 is 23.9 Å². The van der Waals surface area contributed by atoms with Crippen molar-refractivity contribution < 1.29 is 19.2 Å². The van der Waals surface area contributed by atoms with Crippen molar-refractivity contribution in [3.8, 4) is 0 Å². The summed E-state index contributed by atoms with van der Waals surface area (Å²) in [6.45, 7) is 4.15. The zero-order valence-electron chi connectivity index (χ0n) is 9.80. The fourth-order valence-corrected chi connectivity index (χ4v) is 1.48. The molecule has 0 radical (unpaired) electrons. The van der Waals surface area contributed by atoms with E-state index in [0.717, 1.165) is 4.90 Å². The molecule has 0 aromatic carbocycles. The monoisotopic (exact) mass is 241 g/mol. The van der Waals surface area contributed by atoms with Gasteiger partial charge in [0.05, 0.1) is 6.04 Å². The predicted molar refractivity (Wildman–Crippen MR) is 58.0 cm³/mol. The first-order chi connectivity index (χ1) is 8.01. The lowest BCUT2D eigenvalue weighted by atomic mass is 10.3. The summed E-state index contributed by atoms with van der Waals surface area (Å²) in [4.78, 5) is 47.3. The summed E-state index contributed by atoms with van der Waals surface area (Å²) in [6, 6.07) is -1.40. The Labute approximate surface area is 98.7 Å². The highest BCUT2D eigenvalue weighted by atomic mass is 16.2. The molecule has 0 aromatic heterocycles. The zero-order valence-corrected chi connectivity index (χ0v) is 9.80. The molecule has 0 aromatic rings. The fraction of sp³-hybridized carbons (Fsp3) is 0.600. The summed E-state index contributed by atoms with van der Waals surface area (Å²) >= 11 is 0. The van der Waals surface area contributed by atoms with Gasteiger partial charge < -0.3 is 15.0 Å². The van der Waals surface area contributed by atoms with Gasteiger partial charge in [-0.1, -0.05) is 0 Å². The van der Waals surface area contributed by atoms with E-state index in [1.54, 1.807) is 6.92 Å². The third-order valence-corrected chi connectivity index (χ3v) is 2.49. The fourth-order valence-electron chi connectivity index (χ4n) is 1.48. The number of hydrogen-bond donors (Lipinski definition) is 1. The maximum absolute atomic E-state index is 11.6. The van der Waals surface area contributed by atoms with E-state index in [9.17, 15) is 19.2 Å². The van der Waals surface area contributed by atoms with Crippen LogP contribution in [0.25, 0.3) is 0 Å². The molecule has 1 saturated heterocycles. The molecular weight excluding hydrogens is 226 g/mol. The summed E-state index contributed by atoms with van der Waals surface area (Å²) in [6.07, 6.45) is 0.548. The number of carbonyl (C=O) groups excluding carboxylic acids is 4. The lowest BCUT2D eigenvalue weighted by Crippen LogP contribution is -2.59. The molecule has 1 N–H and O–H groups in total. The van der Waals surface area contributed by atoms with E-state index in [0.29, 0.717) is 19.4 Å². The smallest absolute Gasteiger partial charge is 0.325 e. The lowest BCUT2D eigenvalue weighted by Gasteiger charge is -2.32. The SMILES string of the molecule is CCN1CCN(C(=O)N[C@H](C)C=O)C(=O)C1=O. The molecule has 94 valence electrons. The van der Waals surface area contributed by atoms with Crippen LogP contribution in [0.15, 0.2) is 0 Å². The van der Waals surface area contributed by atoms with Gasteiger partial charge in [0.2, 0.25) is 0 Å². The Balaban J connectivity index is 2.68. The first kappa shape index (κ1) is 13.1. The number of piperazine rings is 1. The topological polar surface area (TPSA) is 86.8 Å². The number of imide groups is 1.